The molecule has 6 nitrogen and oxygen atoms in total. The summed E-state index contributed by atoms with van der Waals surface area (Å²) in [4.78, 5) is 27.6. The Hall–Kier alpha value is -3.16. The first-order chi connectivity index (χ1) is 14.5. The number of H-pyrrole nitrogens is 1. The summed E-state index contributed by atoms with van der Waals surface area (Å²) >= 11 is 1.38. The minimum atomic E-state index is -0.767. The van der Waals surface area contributed by atoms with E-state index in [1.807, 2.05) is 35.7 Å². The minimum absolute atomic E-state index is 0.135. The number of benzene rings is 2. The molecule has 3 N–H and O–H groups in total. The fourth-order valence-corrected chi connectivity index (χ4v) is 4.31. The predicted octanol–water partition coefficient (Wildman–Crippen LogP) is 4.83. The van der Waals surface area contributed by atoms with Crippen molar-refractivity contribution in [2.45, 2.75) is 26.4 Å². The Morgan fingerprint density at radius 3 is 2.60 bits per heavy atom. The monoisotopic (exact) mass is 422 g/mol. The lowest BCUT2D eigenvalue weighted by atomic mass is 9.96. The maximum atomic E-state index is 12.4. The third-order valence-electron chi connectivity index (χ3n) is 4.76. The van der Waals surface area contributed by atoms with E-state index in [0.717, 1.165) is 33.9 Å². The van der Waals surface area contributed by atoms with E-state index < -0.39 is 6.16 Å². The SMILES string of the molecule is CC(C)OC(=O)Oc1ccc2[nH]c(=O)c3sccc3c2c1-c1ccc(CCN)cc1. The molecule has 0 radical (unpaired) electrons. The van der Waals surface area contributed by atoms with Gasteiger partial charge in [-0.25, -0.2) is 4.79 Å². The summed E-state index contributed by atoms with van der Waals surface area (Å²) in [5, 5.41) is 3.53. The molecule has 7 heteroatoms. The lowest BCUT2D eigenvalue weighted by Crippen LogP contribution is -2.16. The maximum absolute atomic E-state index is 12.4. The molecule has 0 atom stereocenters. The van der Waals surface area contributed by atoms with E-state index in [0.29, 0.717) is 22.5 Å². The topological polar surface area (TPSA) is 94.4 Å². The molecule has 30 heavy (non-hydrogen) atoms. The van der Waals surface area contributed by atoms with Gasteiger partial charge in [0.15, 0.2) is 0 Å². The Morgan fingerprint density at radius 2 is 1.90 bits per heavy atom. The Kier molecular flexibility index (Phi) is 5.57. The van der Waals surface area contributed by atoms with Crippen molar-refractivity contribution in [2.24, 2.45) is 5.73 Å². The molecule has 2 aromatic carbocycles. The molecule has 154 valence electrons. The third-order valence-corrected chi connectivity index (χ3v) is 5.67. The molecule has 0 amide bonds. The number of fused-ring (bicyclic) bond motifs is 3. The first-order valence-corrected chi connectivity index (χ1v) is 10.6. The number of carbonyl (C=O) groups is 1. The summed E-state index contributed by atoms with van der Waals surface area (Å²) in [6.07, 6.45) is -0.282. The summed E-state index contributed by atoms with van der Waals surface area (Å²) < 4.78 is 11.4. The van der Waals surface area contributed by atoms with Gasteiger partial charge in [-0.2, -0.15) is 0 Å². The molecule has 2 heterocycles. The number of rotatable bonds is 5. The zero-order valence-electron chi connectivity index (χ0n) is 16.7. The van der Waals surface area contributed by atoms with E-state index in [-0.39, 0.29) is 11.7 Å². The highest BCUT2D eigenvalue weighted by atomic mass is 32.1. The molecule has 4 rings (SSSR count). The first kappa shape index (κ1) is 20.1. The van der Waals surface area contributed by atoms with Crippen LogP contribution in [0.3, 0.4) is 0 Å². The van der Waals surface area contributed by atoms with Crippen LogP contribution in [0, 0.1) is 0 Å². The number of nitrogens with two attached hydrogens (primary N) is 1. The van der Waals surface area contributed by atoms with Gasteiger partial charge in [0, 0.05) is 21.9 Å². The van der Waals surface area contributed by atoms with Crippen LogP contribution >= 0.6 is 11.3 Å². The second kappa shape index (κ2) is 8.30. The van der Waals surface area contributed by atoms with Crippen molar-refractivity contribution in [3.63, 3.8) is 0 Å². The average Bonchev–Trinajstić information content (AvgIpc) is 3.19. The fraction of sp³-hybridized carbons (Fsp3) is 0.217. The highest BCUT2D eigenvalue weighted by Gasteiger charge is 2.19. The fourth-order valence-electron chi connectivity index (χ4n) is 3.51. The number of aromatic nitrogens is 1. The van der Waals surface area contributed by atoms with Gasteiger partial charge in [-0.15, -0.1) is 11.3 Å². The van der Waals surface area contributed by atoms with Gasteiger partial charge in [-0.05, 0) is 61.5 Å². The predicted molar refractivity (Wildman–Crippen MR) is 120 cm³/mol. The molecule has 0 fully saturated rings. The number of hydrogen-bond donors (Lipinski definition) is 2. The van der Waals surface area contributed by atoms with Crippen LogP contribution in [0.5, 0.6) is 5.75 Å². The number of thiophene rings is 1. The second-order valence-corrected chi connectivity index (χ2v) is 8.15. The van der Waals surface area contributed by atoms with E-state index >= 15 is 0 Å². The van der Waals surface area contributed by atoms with Gasteiger partial charge in [0.25, 0.3) is 5.56 Å². The molecule has 0 unspecified atom stereocenters. The van der Waals surface area contributed by atoms with Gasteiger partial charge in [0.2, 0.25) is 0 Å². The largest absolute Gasteiger partial charge is 0.514 e. The molecular weight excluding hydrogens is 400 g/mol. The van der Waals surface area contributed by atoms with Crippen LogP contribution in [-0.2, 0) is 11.2 Å². The van der Waals surface area contributed by atoms with Crippen LogP contribution in [0.4, 0.5) is 4.79 Å². The lowest BCUT2D eigenvalue weighted by Gasteiger charge is -2.15. The van der Waals surface area contributed by atoms with E-state index in [4.69, 9.17) is 15.2 Å². The van der Waals surface area contributed by atoms with Crippen LogP contribution in [-0.4, -0.2) is 23.8 Å². The Labute approximate surface area is 177 Å². The van der Waals surface area contributed by atoms with Gasteiger partial charge in [0.1, 0.15) is 10.4 Å². The second-order valence-electron chi connectivity index (χ2n) is 7.23. The number of ether oxygens (including phenoxy) is 2. The summed E-state index contributed by atoms with van der Waals surface area (Å²) in [6, 6.07) is 13.3. The minimum Gasteiger partial charge on any atom is -0.431 e. The number of pyridine rings is 1. The summed E-state index contributed by atoms with van der Waals surface area (Å²) in [7, 11) is 0. The number of carbonyl (C=O) groups excluding carboxylic acids is 1. The van der Waals surface area contributed by atoms with Gasteiger partial charge < -0.3 is 20.2 Å². The van der Waals surface area contributed by atoms with Crippen LogP contribution in [0.15, 0.2) is 52.6 Å². The lowest BCUT2D eigenvalue weighted by molar-refractivity contribution is 0.0731. The normalized spacial score (nSPS) is 11.3. The maximum Gasteiger partial charge on any atom is 0.514 e. The highest BCUT2D eigenvalue weighted by Crippen LogP contribution is 2.40. The zero-order valence-corrected chi connectivity index (χ0v) is 17.5. The van der Waals surface area contributed by atoms with Crippen molar-refractivity contribution in [3.05, 3.63) is 63.8 Å². The van der Waals surface area contributed by atoms with Crippen LogP contribution in [0.2, 0.25) is 0 Å². The van der Waals surface area contributed by atoms with Crippen molar-refractivity contribution in [1.29, 1.82) is 0 Å². The van der Waals surface area contributed by atoms with Gasteiger partial charge in [-0.1, -0.05) is 24.3 Å². The van der Waals surface area contributed by atoms with Crippen molar-refractivity contribution in [1.82, 2.24) is 4.98 Å². The molecule has 0 saturated carbocycles. The van der Waals surface area contributed by atoms with Crippen LogP contribution < -0.4 is 16.0 Å². The molecule has 0 saturated heterocycles. The summed E-state index contributed by atoms with van der Waals surface area (Å²) in [5.41, 5.74) is 8.93. The van der Waals surface area contributed by atoms with Crippen molar-refractivity contribution >= 4 is 38.5 Å². The van der Waals surface area contributed by atoms with Gasteiger partial charge in [0.05, 0.1) is 6.10 Å². The molecule has 0 aliphatic carbocycles. The average molecular weight is 423 g/mol. The van der Waals surface area contributed by atoms with Crippen LogP contribution in [0.1, 0.15) is 19.4 Å². The van der Waals surface area contributed by atoms with Crippen LogP contribution in [0.25, 0.3) is 32.1 Å². The van der Waals surface area contributed by atoms with Crippen molar-refractivity contribution in [3.8, 4) is 16.9 Å². The van der Waals surface area contributed by atoms with Crippen molar-refractivity contribution in [2.75, 3.05) is 6.54 Å². The molecule has 0 aliphatic rings. The smallest absolute Gasteiger partial charge is 0.431 e. The van der Waals surface area contributed by atoms with E-state index in [9.17, 15) is 9.59 Å². The summed E-state index contributed by atoms with van der Waals surface area (Å²) in [5.74, 6) is 0.374. The van der Waals surface area contributed by atoms with E-state index in [1.54, 1.807) is 26.0 Å². The number of aromatic amines is 1. The van der Waals surface area contributed by atoms with Gasteiger partial charge >= 0.3 is 6.16 Å². The Morgan fingerprint density at radius 1 is 1.13 bits per heavy atom. The third kappa shape index (κ3) is 3.81. The van der Waals surface area contributed by atoms with E-state index in [1.165, 1.54) is 11.3 Å². The molecule has 0 bridgehead atoms. The number of hydrogen-bond acceptors (Lipinski definition) is 6. The molecule has 0 aliphatic heterocycles. The first-order valence-electron chi connectivity index (χ1n) is 9.72. The molecule has 2 aromatic heterocycles. The van der Waals surface area contributed by atoms with Crippen molar-refractivity contribution < 1.29 is 14.3 Å². The molecular formula is C23H22N2O4S. The summed E-state index contributed by atoms with van der Waals surface area (Å²) in [6.45, 7) is 4.09. The molecule has 0 spiro atoms. The Balaban J connectivity index is 1.96. The Bertz CT molecular complexity index is 1270. The quantitative estimate of drug-likeness (QED) is 0.355. The number of nitrogens with one attached hydrogen (secondary N) is 1. The molecule has 4 aromatic rings. The van der Waals surface area contributed by atoms with E-state index in [2.05, 4.69) is 4.98 Å². The standard InChI is InChI=1S/C23H22N2O4S/c1-13(2)28-23(27)29-18-8-7-17-20(16-10-12-30-21(16)22(26)25-17)19(18)15-5-3-14(4-6-15)9-11-24/h3-8,10,12-13H,9,11,24H2,1-2H3,(H,25,26). The highest BCUT2D eigenvalue weighted by molar-refractivity contribution is 7.17. The zero-order chi connectivity index (χ0) is 21.3. The van der Waals surface area contributed by atoms with Gasteiger partial charge in [-0.3, -0.25) is 4.79 Å².